The first-order chi connectivity index (χ1) is 11.2. The number of hydrogen-bond acceptors (Lipinski definition) is 4. The second-order valence-corrected chi connectivity index (χ2v) is 7.17. The molecule has 0 aliphatic carbocycles. The van der Waals surface area contributed by atoms with Gasteiger partial charge in [-0.05, 0) is 45.0 Å². The van der Waals surface area contributed by atoms with Crippen molar-refractivity contribution in [3.05, 3.63) is 30.1 Å². The van der Waals surface area contributed by atoms with Gasteiger partial charge in [0.2, 0.25) is 0 Å². The lowest BCUT2D eigenvalue weighted by Crippen LogP contribution is -2.36. The van der Waals surface area contributed by atoms with Crippen LogP contribution in [0, 0.1) is 5.82 Å². The molecular weight excluding hydrogens is 311 g/mol. The Balaban J connectivity index is 1.62. The third-order valence-electron chi connectivity index (χ3n) is 4.55. The first kappa shape index (κ1) is 16.5. The molecule has 1 aliphatic rings. The van der Waals surface area contributed by atoms with E-state index in [-0.39, 0.29) is 5.82 Å². The third-order valence-corrected chi connectivity index (χ3v) is 5.61. The fourth-order valence-electron chi connectivity index (χ4n) is 3.11. The molecule has 4 nitrogen and oxygen atoms in total. The topological polar surface area (TPSA) is 34.0 Å². The van der Waals surface area contributed by atoms with E-state index in [2.05, 4.69) is 22.1 Å². The van der Waals surface area contributed by atoms with Crippen LogP contribution in [0.1, 0.15) is 25.7 Å². The zero-order valence-corrected chi connectivity index (χ0v) is 14.5. The van der Waals surface area contributed by atoms with Gasteiger partial charge in [0, 0.05) is 18.8 Å². The predicted molar refractivity (Wildman–Crippen MR) is 92.0 cm³/mol. The van der Waals surface area contributed by atoms with Gasteiger partial charge < -0.3 is 9.47 Å². The van der Waals surface area contributed by atoms with E-state index in [0.717, 1.165) is 17.3 Å². The van der Waals surface area contributed by atoms with Crippen molar-refractivity contribution in [2.45, 2.75) is 36.9 Å². The van der Waals surface area contributed by atoms with Crippen LogP contribution in [0.25, 0.3) is 11.4 Å². The van der Waals surface area contributed by atoms with E-state index >= 15 is 0 Å². The maximum absolute atomic E-state index is 13.9. The van der Waals surface area contributed by atoms with E-state index in [9.17, 15) is 4.39 Å². The summed E-state index contributed by atoms with van der Waals surface area (Å²) in [5.41, 5.74) is 0.501. The van der Waals surface area contributed by atoms with Gasteiger partial charge in [-0.1, -0.05) is 30.3 Å². The number of nitrogens with zero attached hydrogens (tertiary/aromatic N) is 4. The predicted octanol–water partition coefficient (Wildman–Crippen LogP) is 3.59. The molecule has 3 rings (SSSR count). The van der Waals surface area contributed by atoms with E-state index in [1.165, 1.54) is 31.9 Å². The summed E-state index contributed by atoms with van der Waals surface area (Å²) in [6, 6.07) is 7.38. The normalized spacial score (nSPS) is 19.2. The molecule has 0 bridgehead atoms. The van der Waals surface area contributed by atoms with E-state index in [4.69, 9.17) is 0 Å². The zero-order valence-electron chi connectivity index (χ0n) is 13.7. The Morgan fingerprint density at radius 2 is 2.04 bits per heavy atom. The maximum Gasteiger partial charge on any atom is 0.191 e. The standard InChI is InChI=1S/C17H23FN4S/c1-21-11-6-5-7-13(21)10-12-23-17-20-19-16(22(17)2)14-8-3-4-9-15(14)18/h3-4,8-9,13H,5-7,10-12H2,1-2H3. The molecule has 0 saturated carbocycles. The first-order valence-corrected chi connectivity index (χ1v) is 9.12. The smallest absolute Gasteiger partial charge is 0.191 e. The van der Waals surface area contributed by atoms with Gasteiger partial charge in [0.05, 0.1) is 5.56 Å². The third kappa shape index (κ3) is 3.75. The Morgan fingerprint density at radius 1 is 1.22 bits per heavy atom. The Hall–Kier alpha value is -1.40. The largest absolute Gasteiger partial charge is 0.305 e. The van der Waals surface area contributed by atoms with Gasteiger partial charge in [-0.2, -0.15) is 0 Å². The van der Waals surface area contributed by atoms with E-state index in [0.29, 0.717) is 17.4 Å². The Bertz CT molecular complexity index is 658. The number of thioether (sulfide) groups is 1. The molecule has 1 aromatic carbocycles. The fraction of sp³-hybridized carbons (Fsp3) is 0.529. The minimum absolute atomic E-state index is 0.261. The first-order valence-electron chi connectivity index (χ1n) is 8.14. The number of hydrogen-bond donors (Lipinski definition) is 0. The van der Waals surface area contributed by atoms with Gasteiger partial charge in [-0.15, -0.1) is 10.2 Å². The van der Waals surface area contributed by atoms with Crippen LogP contribution in [0.2, 0.25) is 0 Å². The van der Waals surface area contributed by atoms with E-state index < -0.39 is 0 Å². The molecule has 1 aromatic heterocycles. The lowest BCUT2D eigenvalue weighted by molar-refractivity contribution is 0.182. The summed E-state index contributed by atoms with van der Waals surface area (Å²) < 4.78 is 15.8. The summed E-state index contributed by atoms with van der Waals surface area (Å²) in [6.45, 7) is 1.21. The highest BCUT2D eigenvalue weighted by atomic mass is 32.2. The van der Waals surface area contributed by atoms with Gasteiger partial charge in [0.15, 0.2) is 11.0 Å². The lowest BCUT2D eigenvalue weighted by Gasteiger charge is -2.32. The fourth-order valence-corrected chi connectivity index (χ4v) is 4.06. The van der Waals surface area contributed by atoms with Crippen LogP contribution in [0.5, 0.6) is 0 Å². The summed E-state index contributed by atoms with van der Waals surface area (Å²) in [5.74, 6) is 1.34. The molecule has 1 saturated heterocycles. The molecule has 0 N–H and O–H groups in total. The molecule has 0 spiro atoms. The van der Waals surface area contributed by atoms with Crippen molar-refractivity contribution in [2.75, 3.05) is 19.3 Å². The number of piperidine rings is 1. The van der Waals surface area contributed by atoms with E-state index in [1.54, 1.807) is 23.9 Å². The van der Waals surface area contributed by atoms with Crippen molar-refractivity contribution >= 4 is 11.8 Å². The Kier molecular flexibility index (Phi) is 5.33. The van der Waals surface area contributed by atoms with Crippen molar-refractivity contribution in [3.63, 3.8) is 0 Å². The molecule has 1 fully saturated rings. The van der Waals surface area contributed by atoms with Crippen LogP contribution < -0.4 is 0 Å². The molecular formula is C17H23FN4S. The van der Waals surface area contributed by atoms with Gasteiger partial charge >= 0.3 is 0 Å². The van der Waals surface area contributed by atoms with Crippen LogP contribution in [-0.4, -0.2) is 45.1 Å². The summed E-state index contributed by atoms with van der Waals surface area (Å²) >= 11 is 1.70. The highest BCUT2D eigenvalue weighted by molar-refractivity contribution is 7.99. The summed E-state index contributed by atoms with van der Waals surface area (Å²) in [4.78, 5) is 2.46. The summed E-state index contributed by atoms with van der Waals surface area (Å²) in [5, 5.41) is 9.25. The van der Waals surface area contributed by atoms with Gasteiger partial charge in [-0.3, -0.25) is 0 Å². The summed E-state index contributed by atoms with van der Waals surface area (Å²) in [6.07, 6.45) is 5.09. The number of halogens is 1. The highest BCUT2D eigenvalue weighted by Gasteiger charge is 2.19. The number of rotatable bonds is 5. The molecule has 0 radical (unpaired) electrons. The van der Waals surface area contributed by atoms with Crippen LogP contribution in [0.4, 0.5) is 4.39 Å². The average Bonchev–Trinajstić information content (AvgIpc) is 2.91. The van der Waals surface area contributed by atoms with Crippen molar-refractivity contribution < 1.29 is 4.39 Å². The average molecular weight is 334 g/mol. The van der Waals surface area contributed by atoms with Gasteiger partial charge in [-0.25, -0.2) is 4.39 Å². The number of aromatic nitrogens is 3. The molecule has 6 heteroatoms. The van der Waals surface area contributed by atoms with Gasteiger partial charge in [0.1, 0.15) is 5.82 Å². The van der Waals surface area contributed by atoms with E-state index in [1.807, 2.05) is 17.7 Å². The van der Waals surface area contributed by atoms with Crippen LogP contribution in [0.15, 0.2) is 29.4 Å². The highest BCUT2D eigenvalue weighted by Crippen LogP contribution is 2.26. The van der Waals surface area contributed by atoms with Crippen LogP contribution in [-0.2, 0) is 7.05 Å². The SMILES string of the molecule is CN1CCCCC1CCSc1nnc(-c2ccccc2F)n1C. The molecule has 2 aromatic rings. The molecule has 2 heterocycles. The maximum atomic E-state index is 13.9. The molecule has 1 aliphatic heterocycles. The molecule has 124 valence electrons. The quantitative estimate of drug-likeness (QED) is 0.783. The van der Waals surface area contributed by atoms with Crippen molar-refractivity contribution in [1.82, 2.24) is 19.7 Å². The van der Waals surface area contributed by atoms with Crippen molar-refractivity contribution in [3.8, 4) is 11.4 Å². The summed E-state index contributed by atoms with van der Waals surface area (Å²) in [7, 11) is 4.12. The molecule has 0 amide bonds. The second kappa shape index (κ2) is 7.45. The molecule has 23 heavy (non-hydrogen) atoms. The second-order valence-electron chi connectivity index (χ2n) is 6.11. The van der Waals surface area contributed by atoms with Crippen molar-refractivity contribution in [2.24, 2.45) is 7.05 Å². The molecule has 1 atom stereocenters. The number of benzene rings is 1. The monoisotopic (exact) mass is 334 g/mol. The van der Waals surface area contributed by atoms with Crippen molar-refractivity contribution in [1.29, 1.82) is 0 Å². The zero-order chi connectivity index (χ0) is 16.2. The lowest BCUT2D eigenvalue weighted by atomic mass is 10.0. The Morgan fingerprint density at radius 3 is 2.83 bits per heavy atom. The van der Waals surface area contributed by atoms with Crippen LogP contribution >= 0.6 is 11.8 Å². The molecule has 1 unspecified atom stereocenters. The minimum Gasteiger partial charge on any atom is -0.305 e. The number of likely N-dealkylation sites (tertiary alicyclic amines) is 1. The van der Waals surface area contributed by atoms with Gasteiger partial charge in [0.25, 0.3) is 0 Å². The Labute approximate surface area is 141 Å². The minimum atomic E-state index is -0.261. The van der Waals surface area contributed by atoms with Crippen LogP contribution in [0.3, 0.4) is 0 Å².